The van der Waals surface area contributed by atoms with Gasteiger partial charge < -0.3 is 4.74 Å². The highest BCUT2D eigenvalue weighted by atomic mass is 79.9. The van der Waals surface area contributed by atoms with Gasteiger partial charge in [0.25, 0.3) is 0 Å². The third-order valence-electron chi connectivity index (χ3n) is 3.20. The minimum Gasteiger partial charge on any atom is -0.495 e. The lowest BCUT2D eigenvalue weighted by molar-refractivity contribution is 0.401. The van der Waals surface area contributed by atoms with Crippen LogP contribution in [-0.2, 0) is 11.0 Å². The largest absolute Gasteiger partial charge is 0.495 e. The molecule has 18 heavy (non-hydrogen) atoms. The monoisotopic (exact) mass is 331 g/mol. The lowest BCUT2D eigenvalue weighted by Crippen LogP contribution is -2.32. The Morgan fingerprint density at radius 1 is 1.33 bits per heavy atom. The molecule has 0 saturated heterocycles. The lowest BCUT2D eigenvalue weighted by atomic mass is 9.96. The van der Waals surface area contributed by atoms with Crippen molar-refractivity contribution >= 4 is 26.9 Å². The molecule has 2 rings (SSSR count). The van der Waals surface area contributed by atoms with E-state index in [0.29, 0.717) is 16.7 Å². The van der Waals surface area contributed by atoms with Crippen molar-refractivity contribution in [1.82, 2.24) is 4.72 Å². The number of benzene rings is 1. The van der Waals surface area contributed by atoms with Crippen molar-refractivity contribution in [1.29, 1.82) is 0 Å². The molecular weight excluding hydrogens is 314 g/mol. The Hall–Kier alpha value is -0.390. The van der Waals surface area contributed by atoms with E-state index in [1.165, 1.54) is 19.3 Å². The Kier molecular flexibility index (Phi) is 5.21. The molecule has 1 aliphatic rings. The van der Waals surface area contributed by atoms with Gasteiger partial charge in [-0.05, 0) is 31.0 Å². The second-order valence-corrected chi connectivity index (χ2v) is 6.65. The standard InChI is InChI=1S/C13H18BrNO2S/c1-17-12-8-7-10(14)9-13(12)18(16)15-11-5-3-2-4-6-11/h7-9,11,15H,2-6H2,1H3. The normalized spacial score (nSPS) is 18.6. The first-order valence-corrected chi connectivity index (χ1v) is 8.16. The Morgan fingerprint density at radius 2 is 2.06 bits per heavy atom. The van der Waals surface area contributed by atoms with Crippen LogP contribution in [0.4, 0.5) is 0 Å². The van der Waals surface area contributed by atoms with Gasteiger partial charge >= 0.3 is 0 Å². The van der Waals surface area contributed by atoms with Crippen molar-refractivity contribution in [2.24, 2.45) is 0 Å². The fraction of sp³-hybridized carbons (Fsp3) is 0.538. The molecule has 0 radical (unpaired) electrons. The van der Waals surface area contributed by atoms with Crippen LogP contribution in [-0.4, -0.2) is 17.4 Å². The van der Waals surface area contributed by atoms with Crippen molar-refractivity contribution in [2.45, 2.75) is 43.0 Å². The molecule has 0 spiro atoms. The minimum atomic E-state index is -1.21. The van der Waals surface area contributed by atoms with E-state index in [1.54, 1.807) is 7.11 Å². The number of hydrogen-bond donors (Lipinski definition) is 1. The van der Waals surface area contributed by atoms with E-state index in [9.17, 15) is 4.21 Å². The molecule has 0 aromatic heterocycles. The van der Waals surface area contributed by atoms with E-state index in [2.05, 4.69) is 20.7 Å². The Balaban J connectivity index is 2.09. The van der Waals surface area contributed by atoms with Gasteiger partial charge in [-0.2, -0.15) is 0 Å². The van der Waals surface area contributed by atoms with Crippen LogP contribution < -0.4 is 9.46 Å². The quantitative estimate of drug-likeness (QED) is 0.918. The second-order valence-electron chi connectivity index (χ2n) is 4.52. The van der Waals surface area contributed by atoms with Gasteiger partial charge in [-0.1, -0.05) is 35.2 Å². The molecule has 1 aromatic carbocycles. The number of rotatable bonds is 4. The molecule has 1 unspecified atom stereocenters. The molecular formula is C13H18BrNO2S. The van der Waals surface area contributed by atoms with E-state index < -0.39 is 11.0 Å². The molecule has 0 aliphatic heterocycles. The van der Waals surface area contributed by atoms with E-state index in [4.69, 9.17) is 4.74 Å². The summed E-state index contributed by atoms with van der Waals surface area (Å²) in [5.41, 5.74) is 0. The molecule has 1 aromatic rings. The van der Waals surface area contributed by atoms with E-state index in [0.717, 1.165) is 17.3 Å². The molecule has 5 heteroatoms. The molecule has 0 bridgehead atoms. The first kappa shape index (κ1) is 14.0. The van der Waals surface area contributed by atoms with Crippen molar-refractivity contribution in [3.63, 3.8) is 0 Å². The summed E-state index contributed by atoms with van der Waals surface area (Å²) >= 11 is 3.40. The fourth-order valence-electron chi connectivity index (χ4n) is 2.23. The number of nitrogens with one attached hydrogen (secondary N) is 1. The third-order valence-corrected chi connectivity index (χ3v) is 4.96. The van der Waals surface area contributed by atoms with Crippen LogP contribution in [0.1, 0.15) is 32.1 Å². The van der Waals surface area contributed by atoms with Gasteiger partial charge in [0.1, 0.15) is 16.7 Å². The highest BCUT2D eigenvalue weighted by Crippen LogP contribution is 2.26. The molecule has 1 saturated carbocycles. The van der Waals surface area contributed by atoms with Crippen LogP contribution in [0.25, 0.3) is 0 Å². The third kappa shape index (κ3) is 3.56. The van der Waals surface area contributed by atoms with Crippen LogP contribution in [0.5, 0.6) is 5.75 Å². The zero-order chi connectivity index (χ0) is 13.0. The zero-order valence-corrected chi connectivity index (χ0v) is 12.9. The molecule has 3 nitrogen and oxygen atoms in total. The summed E-state index contributed by atoms with van der Waals surface area (Å²) < 4.78 is 21.7. The van der Waals surface area contributed by atoms with Gasteiger partial charge in [0.15, 0.2) is 0 Å². The van der Waals surface area contributed by atoms with E-state index >= 15 is 0 Å². The Bertz CT molecular complexity index is 433. The Morgan fingerprint density at radius 3 is 2.72 bits per heavy atom. The van der Waals surface area contributed by atoms with Gasteiger partial charge in [0.05, 0.1) is 12.0 Å². The van der Waals surface area contributed by atoms with Crippen molar-refractivity contribution < 1.29 is 8.95 Å². The predicted molar refractivity (Wildman–Crippen MR) is 77.1 cm³/mol. The number of ether oxygens (including phenoxy) is 1. The van der Waals surface area contributed by atoms with Crippen molar-refractivity contribution in [3.05, 3.63) is 22.7 Å². The summed E-state index contributed by atoms with van der Waals surface area (Å²) in [7, 11) is 0.394. The summed E-state index contributed by atoms with van der Waals surface area (Å²) in [4.78, 5) is 0.706. The van der Waals surface area contributed by atoms with Gasteiger partial charge in [-0.15, -0.1) is 0 Å². The number of methoxy groups -OCH3 is 1. The average Bonchev–Trinajstić information content (AvgIpc) is 2.40. The highest BCUT2D eigenvalue weighted by molar-refractivity contribution is 9.10. The van der Waals surface area contributed by atoms with Crippen LogP contribution >= 0.6 is 15.9 Å². The van der Waals surface area contributed by atoms with Crippen LogP contribution in [0.3, 0.4) is 0 Å². The smallest absolute Gasteiger partial charge is 0.136 e. The fourth-order valence-corrected chi connectivity index (χ4v) is 3.98. The maximum absolute atomic E-state index is 12.3. The number of hydrogen-bond acceptors (Lipinski definition) is 2. The molecule has 100 valence electrons. The summed E-state index contributed by atoms with van der Waals surface area (Å²) in [6.07, 6.45) is 5.98. The first-order chi connectivity index (χ1) is 8.70. The molecule has 0 heterocycles. The van der Waals surface area contributed by atoms with E-state index in [-0.39, 0.29) is 0 Å². The lowest BCUT2D eigenvalue weighted by Gasteiger charge is -2.22. The van der Waals surface area contributed by atoms with Gasteiger partial charge in [-0.3, -0.25) is 0 Å². The summed E-state index contributed by atoms with van der Waals surface area (Å²) in [5, 5.41) is 0. The first-order valence-electron chi connectivity index (χ1n) is 6.22. The van der Waals surface area contributed by atoms with Crippen LogP contribution in [0.15, 0.2) is 27.6 Å². The predicted octanol–water partition coefficient (Wildman–Crippen LogP) is 3.40. The minimum absolute atomic E-state index is 0.364. The maximum Gasteiger partial charge on any atom is 0.136 e. The number of halogens is 1. The topological polar surface area (TPSA) is 38.3 Å². The van der Waals surface area contributed by atoms with Gasteiger partial charge in [0.2, 0.25) is 0 Å². The molecule has 1 atom stereocenters. The second kappa shape index (κ2) is 6.68. The molecule has 1 aliphatic carbocycles. The van der Waals surface area contributed by atoms with Crippen molar-refractivity contribution in [2.75, 3.05) is 7.11 Å². The Labute approximate surface area is 119 Å². The van der Waals surface area contributed by atoms with Crippen LogP contribution in [0, 0.1) is 0 Å². The van der Waals surface area contributed by atoms with Crippen LogP contribution in [0.2, 0.25) is 0 Å². The SMILES string of the molecule is COc1ccc(Br)cc1S(=O)NC1CCCCC1. The zero-order valence-electron chi connectivity index (χ0n) is 10.4. The van der Waals surface area contributed by atoms with Gasteiger partial charge in [0, 0.05) is 10.5 Å². The summed E-state index contributed by atoms with van der Waals surface area (Å²) in [6.45, 7) is 0. The van der Waals surface area contributed by atoms with Gasteiger partial charge in [-0.25, -0.2) is 8.93 Å². The maximum atomic E-state index is 12.3. The summed E-state index contributed by atoms with van der Waals surface area (Å²) in [5.74, 6) is 0.667. The molecule has 0 amide bonds. The van der Waals surface area contributed by atoms with Crippen molar-refractivity contribution in [3.8, 4) is 5.75 Å². The molecule has 1 N–H and O–H groups in total. The average molecular weight is 332 g/mol. The molecule has 1 fully saturated rings. The summed E-state index contributed by atoms with van der Waals surface area (Å²) in [6, 6.07) is 5.94. The highest BCUT2D eigenvalue weighted by Gasteiger charge is 2.18. The van der Waals surface area contributed by atoms with E-state index in [1.807, 2.05) is 18.2 Å².